The zero-order valence-electron chi connectivity index (χ0n) is 15.6. The van der Waals surface area contributed by atoms with Crippen molar-refractivity contribution in [1.29, 1.82) is 0 Å². The van der Waals surface area contributed by atoms with Gasteiger partial charge in [-0.05, 0) is 62.1 Å². The van der Waals surface area contributed by atoms with Crippen molar-refractivity contribution >= 4 is 17.3 Å². The minimum Gasteiger partial charge on any atom is -0.491 e. The van der Waals surface area contributed by atoms with Crippen molar-refractivity contribution in [2.45, 2.75) is 46.6 Å². The average molecular weight is 340 g/mol. The molecule has 1 amide bonds. The van der Waals surface area contributed by atoms with Gasteiger partial charge in [0, 0.05) is 11.4 Å². The molecule has 0 fully saturated rings. The Balaban J connectivity index is 1.95. The second kappa shape index (κ2) is 9.11. The summed E-state index contributed by atoms with van der Waals surface area (Å²) in [6.07, 6.45) is 1.94. The van der Waals surface area contributed by atoms with Gasteiger partial charge in [0.05, 0.1) is 12.6 Å². The van der Waals surface area contributed by atoms with Crippen molar-refractivity contribution in [1.82, 2.24) is 0 Å². The number of anilines is 2. The monoisotopic (exact) mass is 340 g/mol. The van der Waals surface area contributed by atoms with Crippen molar-refractivity contribution in [2.75, 3.05) is 17.2 Å². The molecule has 0 atom stereocenters. The van der Waals surface area contributed by atoms with Crippen molar-refractivity contribution in [3.63, 3.8) is 0 Å². The molecule has 0 heterocycles. The fraction of sp³-hybridized carbons (Fsp3) is 0.381. The first kappa shape index (κ1) is 18.8. The highest BCUT2D eigenvalue weighted by atomic mass is 16.5. The zero-order valence-corrected chi connectivity index (χ0v) is 15.6. The van der Waals surface area contributed by atoms with Crippen LogP contribution in [0.4, 0.5) is 11.4 Å². The number of nitrogens with one attached hydrogen (secondary N) is 2. The van der Waals surface area contributed by atoms with Gasteiger partial charge in [0.15, 0.2) is 0 Å². The first-order valence-electron chi connectivity index (χ1n) is 8.94. The summed E-state index contributed by atoms with van der Waals surface area (Å²) in [5, 5.41) is 6.22. The van der Waals surface area contributed by atoms with E-state index in [0.29, 0.717) is 0 Å². The van der Waals surface area contributed by atoms with Crippen LogP contribution in [0.25, 0.3) is 0 Å². The van der Waals surface area contributed by atoms with Crippen LogP contribution in [0.3, 0.4) is 0 Å². The van der Waals surface area contributed by atoms with Crippen LogP contribution in [0.2, 0.25) is 0 Å². The standard InChI is InChI=1S/C21H28N2O2/c1-5-16-8-7-9-17(6-2)21(16)23-20(24)14-22-18-10-12-19(13-11-18)25-15(3)4/h7-13,15,22H,5-6,14H2,1-4H3,(H,23,24). The average Bonchev–Trinajstić information content (AvgIpc) is 2.60. The van der Waals surface area contributed by atoms with Crippen LogP contribution in [0.15, 0.2) is 42.5 Å². The van der Waals surface area contributed by atoms with E-state index in [1.165, 1.54) is 11.1 Å². The maximum absolute atomic E-state index is 12.3. The molecule has 0 saturated heterocycles. The number of benzene rings is 2. The molecule has 0 saturated carbocycles. The number of ether oxygens (including phenoxy) is 1. The third-order valence-electron chi connectivity index (χ3n) is 3.94. The Labute approximate surface area is 150 Å². The lowest BCUT2D eigenvalue weighted by atomic mass is 10.0. The molecule has 2 aromatic carbocycles. The lowest BCUT2D eigenvalue weighted by Gasteiger charge is -2.15. The number of hydrogen-bond acceptors (Lipinski definition) is 3. The van der Waals surface area contributed by atoms with Gasteiger partial charge in [0.25, 0.3) is 0 Å². The number of carbonyl (C=O) groups excluding carboxylic acids is 1. The van der Waals surface area contributed by atoms with E-state index >= 15 is 0 Å². The van der Waals surface area contributed by atoms with E-state index in [1.54, 1.807) is 0 Å². The lowest BCUT2D eigenvalue weighted by Crippen LogP contribution is -2.23. The van der Waals surface area contributed by atoms with E-state index in [1.807, 2.05) is 44.2 Å². The molecule has 0 unspecified atom stereocenters. The number of para-hydroxylation sites is 1. The summed E-state index contributed by atoms with van der Waals surface area (Å²) in [5.74, 6) is 0.785. The molecule has 0 aliphatic rings. The van der Waals surface area contributed by atoms with Gasteiger partial charge in [-0.15, -0.1) is 0 Å². The third-order valence-corrected chi connectivity index (χ3v) is 3.94. The van der Waals surface area contributed by atoms with Crippen LogP contribution in [0.5, 0.6) is 5.75 Å². The number of rotatable bonds is 8. The smallest absolute Gasteiger partial charge is 0.243 e. The zero-order chi connectivity index (χ0) is 18.2. The Morgan fingerprint density at radius 1 is 1.00 bits per heavy atom. The van der Waals surface area contributed by atoms with Gasteiger partial charge in [0.1, 0.15) is 5.75 Å². The lowest BCUT2D eigenvalue weighted by molar-refractivity contribution is -0.114. The van der Waals surface area contributed by atoms with Gasteiger partial charge in [-0.3, -0.25) is 4.79 Å². The third kappa shape index (κ3) is 5.52. The van der Waals surface area contributed by atoms with E-state index in [0.717, 1.165) is 30.0 Å². The quantitative estimate of drug-likeness (QED) is 0.735. The molecule has 2 rings (SSSR count). The molecule has 2 aromatic rings. The summed E-state index contributed by atoms with van der Waals surface area (Å²) in [6.45, 7) is 8.42. The first-order chi connectivity index (χ1) is 12.0. The van der Waals surface area contributed by atoms with Crippen LogP contribution in [-0.2, 0) is 17.6 Å². The second-order valence-corrected chi connectivity index (χ2v) is 6.25. The van der Waals surface area contributed by atoms with Crippen molar-refractivity contribution in [3.8, 4) is 5.75 Å². The minimum atomic E-state index is -0.0434. The Kier molecular flexibility index (Phi) is 6.87. The predicted octanol–water partition coefficient (Wildman–Crippen LogP) is 4.65. The molecule has 25 heavy (non-hydrogen) atoms. The van der Waals surface area contributed by atoms with Crippen molar-refractivity contribution < 1.29 is 9.53 Å². The molecular formula is C21H28N2O2. The number of carbonyl (C=O) groups is 1. The van der Waals surface area contributed by atoms with E-state index in [2.05, 4.69) is 36.6 Å². The first-order valence-corrected chi connectivity index (χ1v) is 8.94. The van der Waals surface area contributed by atoms with E-state index in [9.17, 15) is 4.79 Å². The maximum atomic E-state index is 12.3. The number of aryl methyl sites for hydroxylation is 2. The predicted molar refractivity (Wildman–Crippen MR) is 105 cm³/mol. The van der Waals surface area contributed by atoms with Gasteiger partial charge in [-0.2, -0.15) is 0 Å². The summed E-state index contributed by atoms with van der Waals surface area (Å²) in [7, 11) is 0. The maximum Gasteiger partial charge on any atom is 0.243 e. The minimum absolute atomic E-state index is 0.0434. The van der Waals surface area contributed by atoms with Crippen molar-refractivity contribution in [2.24, 2.45) is 0 Å². The van der Waals surface area contributed by atoms with Gasteiger partial charge in [-0.25, -0.2) is 0 Å². The highest BCUT2D eigenvalue weighted by Crippen LogP contribution is 2.22. The van der Waals surface area contributed by atoms with E-state index < -0.39 is 0 Å². The topological polar surface area (TPSA) is 50.4 Å². The van der Waals surface area contributed by atoms with Crippen LogP contribution in [0, 0.1) is 0 Å². The normalized spacial score (nSPS) is 10.6. The molecule has 0 radical (unpaired) electrons. The van der Waals surface area contributed by atoms with E-state index in [4.69, 9.17) is 4.74 Å². The molecule has 0 spiro atoms. The van der Waals surface area contributed by atoms with Crippen LogP contribution < -0.4 is 15.4 Å². The fourth-order valence-electron chi connectivity index (χ4n) is 2.69. The molecule has 4 heteroatoms. The Hall–Kier alpha value is -2.49. The molecule has 2 N–H and O–H groups in total. The van der Waals surface area contributed by atoms with Crippen LogP contribution in [-0.4, -0.2) is 18.6 Å². The molecule has 0 aliphatic carbocycles. The largest absolute Gasteiger partial charge is 0.491 e. The summed E-state index contributed by atoms with van der Waals surface area (Å²) in [6, 6.07) is 13.8. The Morgan fingerprint density at radius 3 is 2.12 bits per heavy atom. The van der Waals surface area contributed by atoms with Crippen LogP contribution >= 0.6 is 0 Å². The number of hydrogen-bond donors (Lipinski definition) is 2. The molecule has 4 nitrogen and oxygen atoms in total. The van der Waals surface area contributed by atoms with Gasteiger partial charge in [0.2, 0.25) is 5.91 Å². The van der Waals surface area contributed by atoms with Crippen molar-refractivity contribution in [3.05, 3.63) is 53.6 Å². The molecule has 0 aromatic heterocycles. The second-order valence-electron chi connectivity index (χ2n) is 6.25. The Bertz CT molecular complexity index is 671. The summed E-state index contributed by atoms with van der Waals surface area (Å²) in [5.41, 5.74) is 4.19. The van der Waals surface area contributed by atoms with Gasteiger partial charge < -0.3 is 15.4 Å². The van der Waals surface area contributed by atoms with Crippen LogP contribution in [0.1, 0.15) is 38.8 Å². The van der Waals surface area contributed by atoms with Gasteiger partial charge >= 0.3 is 0 Å². The molecular weight excluding hydrogens is 312 g/mol. The summed E-state index contributed by atoms with van der Waals surface area (Å²) < 4.78 is 5.62. The highest BCUT2D eigenvalue weighted by Gasteiger charge is 2.10. The fourth-order valence-corrected chi connectivity index (χ4v) is 2.69. The molecule has 0 bridgehead atoms. The highest BCUT2D eigenvalue weighted by molar-refractivity contribution is 5.95. The van der Waals surface area contributed by atoms with E-state index in [-0.39, 0.29) is 18.6 Å². The number of amides is 1. The summed E-state index contributed by atoms with van der Waals surface area (Å²) in [4.78, 5) is 12.3. The SMILES string of the molecule is CCc1cccc(CC)c1NC(=O)CNc1ccc(OC(C)C)cc1. The molecule has 134 valence electrons. The van der Waals surface area contributed by atoms with Gasteiger partial charge in [-0.1, -0.05) is 32.0 Å². The summed E-state index contributed by atoms with van der Waals surface area (Å²) >= 11 is 0. The Morgan fingerprint density at radius 2 is 1.60 bits per heavy atom. The molecule has 0 aliphatic heterocycles.